The van der Waals surface area contributed by atoms with Crippen molar-refractivity contribution in [3.8, 4) is 11.3 Å². The number of hydrogen-bond acceptors (Lipinski definition) is 3. The van der Waals surface area contributed by atoms with E-state index < -0.39 is 0 Å². The van der Waals surface area contributed by atoms with Gasteiger partial charge in [-0.2, -0.15) is 0 Å². The lowest BCUT2D eigenvalue weighted by Crippen LogP contribution is -2.31. The van der Waals surface area contributed by atoms with Crippen molar-refractivity contribution in [3.05, 3.63) is 40.5 Å². The molecule has 1 fully saturated rings. The number of halogens is 1. The van der Waals surface area contributed by atoms with Gasteiger partial charge in [-0.3, -0.25) is 4.79 Å². The van der Waals surface area contributed by atoms with Gasteiger partial charge >= 0.3 is 0 Å². The van der Waals surface area contributed by atoms with Crippen molar-refractivity contribution in [1.29, 1.82) is 0 Å². The third kappa shape index (κ3) is 3.71. The summed E-state index contributed by atoms with van der Waals surface area (Å²) >= 11 is 1.52. The summed E-state index contributed by atoms with van der Waals surface area (Å²) in [4.78, 5) is 16.6. The van der Waals surface area contributed by atoms with Crippen LogP contribution < -0.4 is 5.32 Å². The number of aromatic nitrogens is 1. The minimum Gasteiger partial charge on any atom is -0.349 e. The minimum absolute atomic E-state index is 0.151. The van der Waals surface area contributed by atoms with Gasteiger partial charge in [-0.15, -0.1) is 11.3 Å². The van der Waals surface area contributed by atoms with E-state index in [2.05, 4.69) is 10.3 Å². The third-order valence-corrected chi connectivity index (χ3v) is 4.93. The maximum Gasteiger partial charge on any atom is 0.223 e. The quantitative estimate of drug-likeness (QED) is 0.920. The van der Waals surface area contributed by atoms with Crippen LogP contribution in [0.2, 0.25) is 0 Å². The zero-order chi connectivity index (χ0) is 15.4. The van der Waals surface area contributed by atoms with E-state index in [1.165, 1.54) is 29.9 Å². The molecule has 5 heteroatoms. The maximum absolute atomic E-state index is 12.9. The predicted molar refractivity (Wildman–Crippen MR) is 85.9 cm³/mol. The maximum atomic E-state index is 12.9. The molecule has 1 N–H and O–H groups in total. The molecule has 1 aromatic heterocycles. The summed E-state index contributed by atoms with van der Waals surface area (Å²) in [6.45, 7) is 0.473. The van der Waals surface area contributed by atoms with Crippen LogP contribution in [-0.2, 0) is 11.3 Å². The molecular weight excluding hydrogens is 299 g/mol. The first-order chi connectivity index (χ1) is 10.7. The van der Waals surface area contributed by atoms with Crippen LogP contribution in [0.1, 0.15) is 37.1 Å². The summed E-state index contributed by atoms with van der Waals surface area (Å²) < 4.78 is 12.9. The Hall–Kier alpha value is -1.75. The first-order valence-corrected chi connectivity index (χ1v) is 8.58. The Morgan fingerprint density at radius 2 is 1.95 bits per heavy atom. The highest BCUT2D eigenvalue weighted by atomic mass is 32.1. The zero-order valence-corrected chi connectivity index (χ0v) is 13.2. The lowest BCUT2D eigenvalue weighted by atomic mass is 9.89. The largest absolute Gasteiger partial charge is 0.349 e. The van der Waals surface area contributed by atoms with Crippen molar-refractivity contribution in [1.82, 2.24) is 10.3 Å². The summed E-state index contributed by atoms with van der Waals surface area (Å²) in [5.74, 6) is 0.0717. The van der Waals surface area contributed by atoms with Gasteiger partial charge in [0.25, 0.3) is 0 Å². The number of benzene rings is 1. The Morgan fingerprint density at radius 3 is 2.68 bits per heavy atom. The molecule has 3 nitrogen and oxygen atoms in total. The fourth-order valence-corrected chi connectivity index (χ4v) is 3.56. The fraction of sp³-hybridized carbons (Fsp3) is 0.412. The van der Waals surface area contributed by atoms with Crippen LogP contribution in [0, 0.1) is 11.7 Å². The van der Waals surface area contributed by atoms with E-state index in [0.717, 1.165) is 41.9 Å². The number of carbonyl (C=O) groups is 1. The molecule has 1 aliphatic carbocycles. The van der Waals surface area contributed by atoms with Crippen LogP contribution >= 0.6 is 11.3 Å². The molecule has 3 rings (SSSR count). The first kappa shape index (κ1) is 15.2. The van der Waals surface area contributed by atoms with Gasteiger partial charge in [0.15, 0.2) is 0 Å². The van der Waals surface area contributed by atoms with Gasteiger partial charge in [-0.25, -0.2) is 9.37 Å². The number of amides is 1. The van der Waals surface area contributed by atoms with E-state index in [1.54, 1.807) is 12.1 Å². The summed E-state index contributed by atoms with van der Waals surface area (Å²) in [6, 6.07) is 6.29. The lowest BCUT2D eigenvalue weighted by Gasteiger charge is -2.20. The van der Waals surface area contributed by atoms with E-state index in [1.807, 2.05) is 5.38 Å². The first-order valence-electron chi connectivity index (χ1n) is 7.70. The second-order valence-corrected chi connectivity index (χ2v) is 6.63. The molecular formula is C17H19FN2OS. The van der Waals surface area contributed by atoms with Crippen LogP contribution in [0.3, 0.4) is 0 Å². The van der Waals surface area contributed by atoms with Crippen molar-refractivity contribution < 1.29 is 9.18 Å². The van der Waals surface area contributed by atoms with Crippen molar-refractivity contribution in [2.24, 2.45) is 5.92 Å². The standard InChI is InChI=1S/C17H19FN2OS/c18-14-8-6-12(7-9-14)15-11-22-16(20-15)10-19-17(21)13-4-2-1-3-5-13/h6-9,11,13H,1-5,10H2,(H,19,21). The Labute approximate surface area is 133 Å². The van der Waals surface area contributed by atoms with E-state index in [-0.39, 0.29) is 17.6 Å². The topological polar surface area (TPSA) is 42.0 Å². The number of thiazole rings is 1. The lowest BCUT2D eigenvalue weighted by molar-refractivity contribution is -0.126. The van der Waals surface area contributed by atoms with Gasteiger partial charge in [0.1, 0.15) is 10.8 Å². The summed E-state index contributed by atoms with van der Waals surface area (Å²) in [5, 5.41) is 5.81. The van der Waals surface area contributed by atoms with Gasteiger partial charge in [0.05, 0.1) is 12.2 Å². The molecule has 1 amide bonds. The predicted octanol–water partition coefficient (Wildman–Crippen LogP) is 4.15. The van der Waals surface area contributed by atoms with Crippen LogP contribution in [0.15, 0.2) is 29.6 Å². The average molecular weight is 318 g/mol. The monoisotopic (exact) mass is 318 g/mol. The van der Waals surface area contributed by atoms with Gasteiger partial charge in [0, 0.05) is 16.9 Å². The van der Waals surface area contributed by atoms with Gasteiger partial charge in [0.2, 0.25) is 5.91 Å². The molecule has 2 aromatic rings. The number of rotatable bonds is 4. The number of hydrogen-bond donors (Lipinski definition) is 1. The highest BCUT2D eigenvalue weighted by Crippen LogP contribution is 2.24. The van der Waals surface area contributed by atoms with Crippen molar-refractivity contribution in [3.63, 3.8) is 0 Å². The molecule has 1 aliphatic rings. The molecule has 0 atom stereocenters. The molecule has 116 valence electrons. The Bertz CT molecular complexity index is 632. The second-order valence-electron chi connectivity index (χ2n) is 5.69. The normalized spacial score (nSPS) is 15.7. The van der Waals surface area contributed by atoms with E-state index in [4.69, 9.17) is 0 Å². The number of carbonyl (C=O) groups excluding carboxylic acids is 1. The van der Waals surface area contributed by atoms with Crippen LogP contribution in [-0.4, -0.2) is 10.9 Å². The summed E-state index contributed by atoms with van der Waals surface area (Å²) in [6.07, 6.45) is 5.57. The van der Waals surface area contributed by atoms with E-state index >= 15 is 0 Å². The smallest absolute Gasteiger partial charge is 0.223 e. The molecule has 22 heavy (non-hydrogen) atoms. The highest BCUT2D eigenvalue weighted by molar-refractivity contribution is 7.09. The third-order valence-electron chi connectivity index (χ3n) is 4.08. The van der Waals surface area contributed by atoms with Crippen LogP contribution in [0.5, 0.6) is 0 Å². The van der Waals surface area contributed by atoms with Crippen LogP contribution in [0.4, 0.5) is 4.39 Å². The minimum atomic E-state index is -0.251. The summed E-state index contributed by atoms with van der Waals surface area (Å²) in [7, 11) is 0. The number of nitrogens with zero attached hydrogens (tertiary/aromatic N) is 1. The SMILES string of the molecule is O=C(NCc1nc(-c2ccc(F)cc2)cs1)C1CCCCC1. The van der Waals surface area contributed by atoms with Gasteiger partial charge in [-0.1, -0.05) is 19.3 Å². The van der Waals surface area contributed by atoms with E-state index in [9.17, 15) is 9.18 Å². The Balaban J connectivity index is 1.57. The summed E-state index contributed by atoms with van der Waals surface area (Å²) in [5.41, 5.74) is 1.72. The van der Waals surface area contributed by atoms with E-state index in [0.29, 0.717) is 6.54 Å². The zero-order valence-electron chi connectivity index (χ0n) is 12.3. The molecule has 0 saturated heterocycles. The van der Waals surface area contributed by atoms with Gasteiger partial charge < -0.3 is 5.32 Å². The molecule has 1 aromatic carbocycles. The molecule has 0 unspecified atom stereocenters. The Kier molecular flexibility index (Phi) is 4.83. The van der Waals surface area contributed by atoms with Gasteiger partial charge in [-0.05, 0) is 37.1 Å². The fourth-order valence-electron chi connectivity index (χ4n) is 2.82. The molecule has 1 heterocycles. The molecule has 0 bridgehead atoms. The highest BCUT2D eigenvalue weighted by Gasteiger charge is 2.20. The number of nitrogens with one attached hydrogen (secondary N) is 1. The second kappa shape index (κ2) is 7.01. The molecule has 0 radical (unpaired) electrons. The average Bonchev–Trinajstić information content (AvgIpc) is 3.03. The van der Waals surface area contributed by atoms with Crippen LogP contribution in [0.25, 0.3) is 11.3 Å². The molecule has 1 saturated carbocycles. The van der Waals surface area contributed by atoms with Crippen molar-refractivity contribution >= 4 is 17.2 Å². The molecule has 0 spiro atoms. The van der Waals surface area contributed by atoms with Crippen molar-refractivity contribution in [2.45, 2.75) is 38.6 Å². The Morgan fingerprint density at radius 1 is 1.23 bits per heavy atom. The van der Waals surface area contributed by atoms with Crippen molar-refractivity contribution in [2.75, 3.05) is 0 Å². The molecule has 0 aliphatic heterocycles.